The number of rotatable bonds is 2. The molecule has 76 valence electrons. The van der Waals surface area contributed by atoms with Crippen LogP contribution in [0.3, 0.4) is 0 Å². The van der Waals surface area contributed by atoms with Crippen LogP contribution in [0.25, 0.3) is 10.9 Å². The Morgan fingerprint density at radius 2 is 2.00 bits per heavy atom. The van der Waals surface area contributed by atoms with Gasteiger partial charge in [-0.05, 0) is 24.0 Å². The van der Waals surface area contributed by atoms with Gasteiger partial charge in [0.1, 0.15) is 0 Å². The van der Waals surface area contributed by atoms with E-state index < -0.39 is 0 Å². The second kappa shape index (κ2) is 3.49. The van der Waals surface area contributed by atoms with Gasteiger partial charge in [0.2, 0.25) is 0 Å². The van der Waals surface area contributed by atoms with Crippen LogP contribution >= 0.6 is 0 Å². The summed E-state index contributed by atoms with van der Waals surface area (Å²) in [5, 5.41) is 1.39. The van der Waals surface area contributed by atoms with E-state index in [0.717, 1.165) is 6.42 Å². The summed E-state index contributed by atoms with van der Waals surface area (Å²) in [5.74, 6) is 0.581. The monoisotopic (exact) mass is 189 g/mol. The highest BCUT2D eigenvalue weighted by atomic mass is 14.7. The van der Waals surface area contributed by atoms with E-state index in [2.05, 4.69) is 50.0 Å². The van der Waals surface area contributed by atoms with Gasteiger partial charge in [-0.15, -0.1) is 0 Å². The molecule has 1 N–H and O–H groups in total. The number of para-hydroxylation sites is 1. The van der Waals surface area contributed by atoms with Crippen molar-refractivity contribution in [2.45, 2.75) is 33.1 Å². The van der Waals surface area contributed by atoms with E-state index in [4.69, 9.17) is 0 Å². The minimum absolute atomic E-state index is 0. The number of aromatic nitrogens is 1. The van der Waals surface area contributed by atoms with Crippen LogP contribution in [0.15, 0.2) is 24.3 Å². The van der Waals surface area contributed by atoms with E-state index in [-0.39, 0.29) is 1.43 Å². The normalized spacial score (nSPS) is 11.4. The number of H-pyrrole nitrogens is 1. The minimum atomic E-state index is 0. The lowest BCUT2D eigenvalue weighted by Gasteiger charge is -2.04. The predicted octanol–water partition coefficient (Wildman–Crippen LogP) is 4.10. The van der Waals surface area contributed by atoms with Crippen LogP contribution in [0.1, 0.15) is 39.4 Å². The highest BCUT2D eigenvalue weighted by Crippen LogP contribution is 2.27. The second-order valence-corrected chi connectivity index (χ2v) is 4.07. The summed E-state index contributed by atoms with van der Waals surface area (Å²) in [5.41, 5.74) is 4.15. The molecule has 14 heavy (non-hydrogen) atoms. The fourth-order valence-corrected chi connectivity index (χ4v) is 2.09. The molecule has 0 bridgehead atoms. The average Bonchev–Trinajstić information content (AvgIpc) is 2.56. The van der Waals surface area contributed by atoms with Gasteiger partial charge in [0, 0.05) is 18.0 Å². The van der Waals surface area contributed by atoms with Crippen molar-refractivity contribution in [2.75, 3.05) is 0 Å². The molecule has 1 nitrogen and oxygen atoms in total. The molecule has 0 aliphatic rings. The first-order chi connectivity index (χ1) is 6.74. The standard InChI is InChI=1S/C13H17N.H2/c1-4-10-11-7-5-6-8-12(11)14-13(10)9(2)3;/h5-9,14H,4H2,1-3H3;1H. The first-order valence-electron chi connectivity index (χ1n) is 5.33. The van der Waals surface area contributed by atoms with Gasteiger partial charge in [0.05, 0.1) is 0 Å². The first-order valence-corrected chi connectivity index (χ1v) is 5.33. The summed E-state index contributed by atoms with van der Waals surface area (Å²) in [6.45, 7) is 6.70. The Morgan fingerprint density at radius 3 is 2.64 bits per heavy atom. The highest BCUT2D eigenvalue weighted by molar-refractivity contribution is 5.84. The van der Waals surface area contributed by atoms with Crippen molar-refractivity contribution >= 4 is 10.9 Å². The molecule has 0 saturated heterocycles. The molecule has 0 spiro atoms. The molecule has 0 amide bonds. The molecule has 1 aromatic heterocycles. The molecule has 1 heterocycles. The molecule has 0 fully saturated rings. The van der Waals surface area contributed by atoms with Crippen molar-refractivity contribution in [1.29, 1.82) is 0 Å². The van der Waals surface area contributed by atoms with Crippen molar-refractivity contribution in [3.05, 3.63) is 35.5 Å². The fourth-order valence-electron chi connectivity index (χ4n) is 2.09. The van der Waals surface area contributed by atoms with Crippen LogP contribution in [0.2, 0.25) is 0 Å². The van der Waals surface area contributed by atoms with Crippen molar-refractivity contribution < 1.29 is 1.43 Å². The maximum atomic E-state index is 3.51. The van der Waals surface area contributed by atoms with E-state index in [1.165, 1.54) is 22.2 Å². The van der Waals surface area contributed by atoms with Crippen molar-refractivity contribution in [1.82, 2.24) is 4.98 Å². The third-order valence-corrected chi connectivity index (χ3v) is 2.78. The number of hydrogen-bond donors (Lipinski definition) is 1. The van der Waals surface area contributed by atoms with E-state index in [9.17, 15) is 0 Å². The molecule has 1 aromatic carbocycles. The van der Waals surface area contributed by atoms with Gasteiger partial charge in [-0.1, -0.05) is 39.0 Å². The molecule has 0 radical (unpaired) electrons. The summed E-state index contributed by atoms with van der Waals surface area (Å²) in [4.78, 5) is 3.51. The lowest BCUT2D eigenvalue weighted by atomic mass is 10.0. The van der Waals surface area contributed by atoms with Gasteiger partial charge in [-0.2, -0.15) is 0 Å². The Balaban J connectivity index is 0.00000112. The van der Waals surface area contributed by atoms with Crippen LogP contribution in [-0.2, 0) is 6.42 Å². The molecule has 0 aliphatic heterocycles. The highest BCUT2D eigenvalue weighted by Gasteiger charge is 2.11. The Hall–Kier alpha value is -1.24. The SMILES string of the molecule is CCc1c(C(C)C)[nH]c2ccccc12.[HH]. The predicted molar refractivity (Wildman–Crippen MR) is 63.9 cm³/mol. The maximum absolute atomic E-state index is 3.51. The summed E-state index contributed by atoms with van der Waals surface area (Å²) in [6, 6.07) is 8.55. The van der Waals surface area contributed by atoms with Gasteiger partial charge < -0.3 is 4.98 Å². The van der Waals surface area contributed by atoms with Gasteiger partial charge in [0.25, 0.3) is 0 Å². The van der Waals surface area contributed by atoms with Crippen LogP contribution in [0, 0.1) is 0 Å². The summed E-state index contributed by atoms with van der Waals surface area (Å²) >= 11 is 0. The van der Waals surface area contributed by atoms with Crippen molar-refractivity contribution in [3.8, 4) is 0 Å². The summed E-state index contributed by atoms with van der Waals surface area (Å²) in [7, 11) is 0. The molecule has 0 unspecified atom stereocenters. The fraction of sp³-hybridized carbons (Fsp3) is 0.385. The average molecular weight is 189 g/mol. The molecule has 2 aromatic rings. The Labute approximate surface area is 86.6 Å². The van der Waals surface area contributed by atoms with Crippen LogP contribution < -0.4 is 0 Å². The van der Waals surface area contributed by atoms with E-state index >= 15 is 0 Å². The number of nitrogens with one attached hydrogen (secondary N) is 1. The maximum Gasteiger partial charge on any atom is 0.0459 e. The van der Waals surface area contributed by atoms with E-state index in [1.54, 1.807) is 0 Å². The van der Waals surface area contributed by atoms with E-state index in [1.807, 2.05) is 0 Å². The topological polar surface area (TPSA) is 15.8 Å². The molecule has 0 atom stereocenters. The van der Waals surface area contributed by atoms with Gasteiger partial charge in [-0.3, -0.25) is 0 Å². The molecule has 0 saturated carbocycles. The molecular formula is C13H19N. The number of fused-ring (bicyclic) bond motifs is 1. The van der Waals surface area contributed by atoms with Crippen LogP contribution in [-0.4, -0.2) is 4.98 Å². The zero-order valence-corrected chi connectivity index (χ0v) is 9.09. The third kappa shape index (κ3) is 1.33. The lowest BCUT2D eigenvalue weighted by molar-refractivity contribution is 0.818. The number of benzene rings is 1. The molecule has 0 aliphatic carbocycles. The number of hydrogen-bond acceptors (Lipinski definition) is 0. The molecule has 1 heteroatoms. The van der Waals surface area contributed by atoms with Crippen molar-refractivity contribution in [2.24, 2.45) is 0 Å². The second-order valence-electron chi connectivity index (χ2n) is 4.07. The zero-order chi connectivity index (χ0) is 10.1. The van der Waals surface area contributed by atoms with E-state index in [0.29, 0.717) is 5.92 Å². The smallest absolute Gasteiger partial charge is 0.0459 e. The summed E-state index contributed by atoms with van der Waals surface area (Å²) < 4.78 is 0. The van der Waals surface area contributed by atoms with Crippen LogP contribution in [0.4, 0.5) is 0 Å². The minimum Gasteiger partial charge on any atom is -0.358 e. The lowest BCUT2D eigenvalue weighted by Crippen LogP contribution is -1.92. The largest absolute Gasteiger partial charge is 0.358 e. The van der Waals surface area contributed by atoms with Gasteiger partial charge >= 0.3 is 0 Å². The molecule has 2 rings (SSSR count). The quantitative estimate of drug-likeness (QED) is 0.732. The van der Waals surface area contributed by atoms with Crippen molar-refractivity contribution in [3.63, 3.8) is 0 Å². The zero-order valence-electron chi connectivity index (χ0n) is 9.09. The Morgan fingerprint density at radius 1 is 1.29 bits per heavy atom. The molecular weight excluding hydrogens is 170 g/mol. The van der Waals surface area contributed by atoms with Gasteiger partial charge in [0.15, 0.2) is 0 Å². The Bertz CT molecular complexity index is 443. The number of aromatic amines is 1. The first kappa shape index (κ1) is 9.32. The number of aryl methyl sites for hydroxylation is 1. The van der Waals surface area contributed by atoms with Gasteiger partial charge in [-0.25, -0.2) is 0 Å². The van der Waals surface area contributed by atoms with Crippen LogP contribution in [0.5, 0.6) is 0 Å². The Kier molecular flexibility index (Phi) is 2.32. The summed E-state index contributed by atoms with van der Waals surface area (Å²) in [6.07, 6.45) is 1.11. The third-order valence-electron chi connectivity index (χ3n) is 2.78.